The summed E-state index contributed by atoms with van der Waals surface area (Å²) >= 11 is 0.844. The third-order valence-corrected chi connectivity index (χ3v) is 3.90. The normalized spacial score (nSPS) is 11.6. The van der Waals surface area contributed by atoms with Crippen LogP contribution in [0.3, 0.4) is 0 Å². The van der Waals surface area contributed by atoms with Crippen molar-refractivity contribution in [2.45, 2.75) is 13.1 Å². The molecule has 0 aliphatic heterocycles. The number of nitrogens with one attached hydrogen (secondary N) is 1. The van der Waals surface area contributed by atoms with Crippen LogP contribution in [0.25, 0.3) is 10.2 Å². The molecule has 21 heavy (non-hydrogen) atoms. The SMILES string of the molecule is C=CCNC(=O)c1sc2nc(C(F)(F)F)cc(C)c2c1N. The Labute approximate surface area is 122 Å². The summed E-state index contributed by atoms with van der Waals surface area (Å²) in [5.41, 5.74) is 5.37. The number of aryl methyl sites for hydroxylation is 1. The quantitative estimate of drug-likeness (QED) is 0.855. The van der Waals surface area contributed by atoms with Crippen LogP contribution in [0.2, 0.25) is 0 Å². The van der Waals surface area contributed by atoms with Gasteiger partial charge in [-0.25, -0.2) is 4.98 Å². The number of amides is 1. The maximum absolute atomic E-state index is 12.7. The van der Waals surface area contributed by atoms with E-state index in [-0.39, 0.29) is 21.9 Å². The maximum Gasteiger partial charge on any atom is 0.433 e. The number of hydrogen-bond donors (Lipinski definition) is 2. The van der Waals surface area contributed by atoms with E-state index in [1.165, 1.54) is 13.0 Å². The van der Waals surface area contributed by atoms with E-state index in [9.17, 15) is 18.0 Å². The molecule has 0 bridgehead atoms. The van der Waals surface area contributed by atoms with Crippen LogP contribution in [0.4, 0.5) is 18.9 Å². The highest BCUT2D eigenvalue weighted by Crippen LogP contribution is 2.38. The van der Waals surface area contributed by atoms with Gasteiger partial charge in [0.25, 0.3) is 5.91 Å². The van der Waals surface area contributed by atoms with E-state index in [0.29, 0.717) is 10.9 Å². The molecule has 0 unspecified atom stereocenters. The number of rotatable bonds is 3. The zero-order valence-electron chi connectivity index (χ0n) is 11.0. The van der Waals surface area contributed by atoms with Crippen molar-refractivity contribution in [2.75, 3.05) is 12.3 Å². The molecule has 2 rings (SSSR count). The first-order valence-electron chi connectivity index (χ1n) is 5.91. The number of pyridine rings is 1. The lowest BCUT2D eigenvalue weighted by Crippen LogP contribution is -2.22. The zero-order chi connectivity index (χ0) is 15.8. The molecule has 112 valence electrons. The Morgan fingerprint density at radius 3 is 2.81 bits per heavy atom. The van der Waals surface area contributed by atoms with Crippen molar-refractivity contribution in [1.29, 1.82) is 0 Å². The topological polar surface area (TPSA) is 68.0 Å². The van der Waals surface area contributed by atoms with Crippen molar-refractivity contribution in [3.05, 3.63) is 34.9 Å². The number of nitrogen functional groups attached to an aromatic ring is 1. The molecule has 0 atom stereocenters. The van der Waals surface area contributed by atoms with Crippen molar-refractivity contribution in [1.82, 2.24) is 10.3 Å². The van der Waals surface area contributed by atoms with Gasteiger partial charge in [-0.15, -0.1) is 17.9 Å². The van der Waals surface area contributed by atoms with Crippen molar-refractivity contribution in [3.8, 4) is 0 Å². The highest BCUT2D eigenvalue weighted by Gasteiger charge is 2.34. The lowest BCUT2D eigenvalue weighted by Gasteiger charge is -2.07. The van der Waals surface area contributed by atoms with E-state index in [1.807, 2.05) is 0 Å². The van der Waals surface area contributed by atoms with Gasteiger partial charge in [-0.3, -0.25) is 4.79 Å². The van der Waals surface area contributed by atoms with Crippen LogP contribution >= 0.6 is 11.3 Å². The Kier molecular flexibility index (Phi) is 3.91. The molecule has 2 aromatic heterocycles. The second kappa shape index (κ2) is 5.36. The van der Waals surface area contributed by atoms with E-state index in [1.54, 1.807) is 0 Å². The van der Waals surface area contributed by atoms with Crippen molar-refractivity contribution < 1.29 is 18.0 Å². The number of hydrogen-bond acceptors (Lipinski definition) is 4. The van der Waals surface area contributed by atoms with Crippen molar-refractivity contribution in [3.63, 3.8) is 0 Å². The van der Waals surface area contributed by atoms with Gasteiger partial charge in [-0.05, 0) is 18.6 Å². The van der Waals surface area contributed by atoms with Gasteiger partial charge in [0.05, 0.1) is 5.69 Å². The summed E-state index contributed by atoms with van der Waals surface area (Å²) in [5, 5.41) is 2.92. The van der Waals surface area contributed by atoms with E-state index in [0.717, 1.165) is 17.4 Å². The van der Waals surface area contributed by atoms with E-state index in [4.69, 9.17) is 5.73 Å². The molecule has 4 nitrogen and oxygen atoms in total. The number of nitrogens with zero attached hydrogens (tertiary/aromatic N) is 1. The van der Waals surface area contributed by atoms with Crippen LogP contribution in [0.1, 0.15) is 20.9 Å². The average molecular weight is 315 g/mol. The largest absolute Gasteiger partial charge is 0.433 e. The molecular formula is C13H12F3N3OS. The summed E-state index contributed by atoms with van der Waals surface area (Å²) in [5.74, 6) is -0.455. The van der Waals surface area contributed by atoms with Gasteiger partial charge in [0.2, 0.25) is 0 Å². The first-order valence-corrected chi connectivity index (χ1v) is 6.73. The molecule has 0 aromatic carbocycles. The van der Waals surface area contributed by atoms with Crippen LogP contribution in [0.15, 0.2) is 18.7 Å². The minimum absolute atomic E-state index is 0.101. The van der Waals surface area contributed by atoms with Gasteiger partial charge in [-0.2, -0.15) is 13.2 Å². The Bertz CT molecular complexity index is 722. The number of halogens is 3. The Morgan fingerprint density at radius 1 is 1.57 bits per heavy atom. The zero-order valence-corrected chi connectivity index (χ0v) is 11.9. The van der Waals surface area contributed by atoms with Gasteiger partial charge in [0, 0.05) is 11.9 Å². The van der Waals surface area contributed by atoms with Gasteiger partial charge in [0.15, 0.2) is 0 Å². The van der Waals surface area contributed by atoms with Crippen LogP contribution in [-0.4, -0.2) is 17.4 Å². The van der Waals surface area contributed by atoms with Crippen LogP contribution in [0, 0.1) is 6.92 Å². The van der Waals surface area contributed by atoms with Crippen LogP contribution in [-0.2, 0) is 6.18 Å². The van der Waals surface area contributed by atoms with Crippen LogP contribution in [0.5, 0.6) is 0 Å². The molecule has 0 aliphatic carbocycles. The molecule has 8 heteroatoms. The second-order valence-electron chi connectivity index (χ2n) is 4.35. The molecule has 1 amide bonds. The fourth-order valence-electron chi connectivity index (χ4n) is 1.87. The third-order valence-electron chi connectivity index (χ3n) is 2.80. The lowest BCUT2D eigenvalue weighted by molar-refractivity contribution is -0.141. The summed E-state index contributed by atoms with van der Waals surface area (Å²) in [6.07, 6.45) is -3.05. The predicted molar refractivity (Wildman–Crippen MR) is 76.3 cm³/mol. The monoisotopic (exact) mass is 315 g/mol. The number of aromatic nitrogens is 1. The van der Waals surface area contributed by atoms with Crippen molar-refractivity contribution >= 4 is 33.1 Å². The Balaban J connectivity index is 2.57. The highest BCUT2D eigenvalue weighted by atomic mass is 32.1. The second-order valence-corrected chi connectivity index (χ2v) is 5.34. The number of anilines is 1. The summed E-state index contributed by atoms with van der Waals surface area (Å²) in [6, 6.07) is 0.927. The van der Waals surface area contributed by atoms with Gasteiger partial charge >= 0.3 is 6.18 Å². The van der Waals surface area contributed by atoms with Crippen molar-refractivity contribution in [2.24, 2.45) is 0 Å². The number of nitrogens with two attached hydrogens (primary N) is 1. The highest BCUT2D eigenvalue weighted by molar-refractivity contribution is 7.21. The standard InChI is InChI=1S/C13H12F3N3OS/c1-3-4-18-11(20)10-9(17)8-6(2)5-7(13(14,15)16)19-12(8)21-10/h3,5H,1,4,17H2,2H3,(H,18,20). The summed E-state index contributed by atoms with van der Waals surface area (Å²) in [6.45, 7) is 5.21. The number of alkyl halides is 3. The van der Waals surface area contributed by atoms with E-state index < -0.39 is 17.8 Å². The number of thiophene rings is 1. The Morgan fingerprint density at radius 2 is 2.24 bits per heavy atom. The summed E-state index contributed by atoms with van der Waals surface area (Å²) in [7, 11) is 0. The molecule has 0 saturated heterocycles. The molecule has 2 heterocycles. The van der Waals surface area contributed by atoms with E-state index >= 15 is 0 Å². The first-order chi connectivity index (χ1) is 9.75. The fourth-order valence-corrected chi connectivity index (χ4v) is 2.96. The molecular weight excluding hydrogens is 303 g/mol. The molecule has 3 N–H and O–H groups in total. The number of carbonyl (C=O) groups excluding carboxylic acids is 1. The molecule has 0 spiro atoms. The number of fused-ring (bicyclic) bond motifs is 1. The van der Waals surface area contributed by atoms with Crippen LogP contribution < -0.4 is 11.1 Å². The summed E-state index contributed by atoms with van der Waals surface area (Å²) in [4.78, 5) is 15.7. The fraction of sp³-hybridized carbons (Fsp3) is 0.231. The molecule has 0 radical (unpaired) electrons. The average Bonchev–Trinajstić information content (AvgIpc) is 2.73. The van der Waals surface area contributed by atoms with Gasteiger partial charge in [0.1, 0.15) is 15.4 Å². The first kappa shape index (κ1) is 15.3. The lowest BCUT2D eigenvalue weighted by atomic mass is 10.1. The van der Waals surface area contributed by atoms with Gasteiger partial charge in [-0.1, -0.05) is 6.08 Å². The minimum Gasteiger partial charge on any atom is -0.397 e. The molecule has 0 aliphatic rings. The predicted octanol–water partition coefficient (Wildman–Crippen LogP) is 3.12. The van der Waals surface area contributed by atoms with Gasteiger partial charge < -0.3 is 11.1 Å². The smallest absolute Gasteiger partial charge is 0.397 e. The Hall–Kier alpha value is -2.09. The third kappa shape index (κ3) is 2.85. The molecule has 2 aromatic rings. The minimum atomic E-state index is -4.54. The molecule has 0 fully saturated rings. The summed E-state index contributed by atoms with van der Waals surface area (Å²) < 4.78 is 38.2. The number of carbonyl (C=O) groups is 1. The molecule has 0 saturated carbocycles. The maximum atomic E-state index is 12.7. The van der Waals surface area contributed by atoms with E-state index in [2.05, 4.69) is 16.9 Å².